The Morgan fingerprint density at radius 2 is 1.65 bits per heavy atom. The number of carbonyl (C=O) groups is 2. The number of carboxylic acids is 1. The molecule has 9 nitrogen and oxygen atoms in total. The summed E-state index contributed by atoms with van der Waals surface area (Å²) in [5.41, 5.74) is 1.62. The molecular weight excluding hydrogens is 453 g/mol. The van der Waals surface area contributed by atoms with Crippen molar-refractivity contribution in [3.8, 4) is 0 Å². The van der Waals surface area contributed by atoms with E-state index in [0.29, 0.717) is 27.0 Å². The topological polar surface area (TPSA) is 146 Å². The minimum atomic E-state index is -1.87. The maximum Gasteiger partial charge on any atom is 0.335 e. The number of rotatable bonds is 6. The summed E-state index contributed by atoms with van der Waals surface area (Å²) in [6.45, 7) is 0. The summed E-state index contributed by atoms with van der Waals surface area (Å²) in [7, 11) is 0. The van der Waals surface area contributed by atoms with E-state index in [-0.39, 0.29) is 6.42 Å². The molecule has 11 heteroatoms. The van der Waals surface area contributed by atoms with Crippen molar-refractivity contribution >= 4 is 46.5 Å². The molecule has 0 amide bonds. The zero-order valence-corrected chi connectivity index (χ0v) is 17.3. The largest absolute Gasteiger partial charge is 0.479 e. The van der Waals surface area contributed by atoms with Gasteiger partial charge in [-0.15, -0.1) is 0 Å². The monoisotopic (exact) mass is 471 g/mol. The van der Waals surface area contributed by atoms with Crippen molar-refractivity contribution in [2.24, 2.45) is 0 Å². The van der Waals surface area contributed by atoms with Crippen LogP contribution in [0.15, 0.2) is 42.5 Å². The van der Waals surface area contributed by atoms with Crippen LogP contribution in [-0.4, -0.2) is 63.1 Å². The lowest BCUT2D eigenvalue weighted by atomic mass is 9.99. The van der Waals surface area contributed by atoms with E-state index in [1.807, 2.05) is 0 Å². The molecule has 1 saturated heterocycles. The fraction of sp³-hybridized carbons (Fsp3) is 0.300. The van der Waals surface area contributed by atoms with E-state index in [1.54, 1.807) is 42.5 Å². The Balaban J connectivity index is 1.67. The van der Waals surface area contributed by atoms with Crippen LogP contribution >= 0.6 is 23.2 Å². The second kappa shape index (κ2) is 9.82. The first-order valence-electron chi connectivity index (χ1n) is 9.09. The number of carboxylic acid groups (broad SMARTS) is 1. The number of para-hydroxylation sites is 1. The average molecular weight is 472 g/mol. The molecule has 166 valence electrons. The Morgan fingerprint density at radius 1 is 1.00 bits per heavy atom. The van der Waals surface area contributed by atoms with Gasteiger partial charge in [0.1, 0.15) is 18.3 Å². The van der Waals surface area contributed by atoms with E-state index < -0.39 is 42.6 Å². The number of halogens is 2. The van der Waals surface area contributed by atoms with E-state index in [1.165, 1.54) is 0 Å². The number of hydrogen-bond donors (Lipinski definition) is 5. The summed E-state index contributed by atoms with van der Waals surface area (Å²) in [4.78, 5) is 23.4. The predicted molar refractivity (Wildman–Crippen MR) is 110 cm³/mol. The molecule has 1 aliphatic rings. The van der Waals surface area contributed by atoms with E-state index >= 15 is 0 Å². The molecule has 5 N–H and O–H groups in total. The van der Waals surface area contributed by atoms with Crippen LogP contribution in [0.4, 0.5) is 11.4 Å². The van der Waals surface area contributed by atoms with Gasteiger partial charge in [-0.1, -0.05) is 41.4 Å². The van der Waals surface area contributed by atoms with Gasteiger partial charge in [0.25, 0.3) is 0 Å². The van der Waals surface area contributed by atoms with Gasteiger partial charge in [0.05, 0.1) is 22.2 Å². The third-order valence-corrected chi connectivity index (χ3v) is 5.20. The van der Waals surface area contributed by atoms with Gasteiger partial charge < -0.3 is 35.2 Å². The van der Waals surface area contributed by atoms with Crippen molar-refractivity contribution in [2.75, 3.05) is 5.32 Å². The zero-order chi connectivity index (χ0) is 22.7. The molecule has 1 fully saturated rings. The molecule has 1 heterocycles. The number of benzene rings is 2. The number of ether oxygens (including phenoxy) is 2. The molecule has 0 saturated carbocycles. The zero-order valence-electron chi connectivity index (χ0n) is 15.8. The fourth-order valence-corrected chi connectivity index (χ4v) is 3.50. The number of anilines is 2. The minimum Gasteiger partial charge on any atom is -0.479 e. The SMILES string of the molecule is O=C(Cc1cccc(Nc2c(Cl)cccc2Cl)c1)O[C@@H]1O[C@H](C(=O)O)[C@@H](O)[C@H](O)[C@H]1O. The quantitative estimate of drug-likeness (QED) is 0.397. The number of hydrogen-bond acceptors (Lipinski definition) is 8. The van der Waals surface area contributed by atoms with Gasteiger partial charge in [0.2, 0.25) is 6.29 Å². The Labute approximate surface area is 186 Å². The third-order valence-electron chi connectivity index (χ3n) is 4.57. The maximum atomic E-state index is 12.3. The highest BCUT2D eigenvalue weighted by molar-refractivity contribution is 6.39. The lowest BCUT2D eigenvalue weighted by Crippen LogP contribution is -2.60. The number of aliphatic carboxylic acids is 1. The summed E-state index contributed by atoms with van der Waals surface area (Å²) < 4.78 is 9.93. The lowest BCUT2D eigenvalue weighted by Gasteiger charge is -2.37. The number of aliphatic hydroxyl groups excluding tert-OH is 3. The van der Waals surface area contributed by atoms with Gasteiger partial charge in [0, 0.05) is 5.69 Å². The van der Waals surface area contributed by atoms with Crippen LogP contribution in [0.2, 0.25) is 10.0 Å². The van der Waals surface area contributed by atoms with Crippen LogP contribution in [-0.2, 0) is 25.5 Å². The van der Waals surface area contributed by atoms with Crippen LogP contribution in [0.5, 0.6) is 0 Å². The van der Waals surface area contributed by atoms with Crippen LogP contribution in [0.3, 0.4) is 0 Å². The van der Waals surface area contributed by atoms with Gasteiger partial charge in [0.15, 0.2) is 6.10 Å². The molecule has 0 spiro atoms. The summed E-state index contributed by atoms with van der Waals surface area (Å²) in [6.07, 6.45) is -9.40. The number of aliphatic hydroxyl groups is 3. The molecule has 0 aromatic heterocycles. The van der Waals surface area contributed by atoms with E-state index in [2.05, 4.69) is 5.32 Å². The summed E-state index contributed by atoms with van der Waals surface area (Å²) in [6, 6.07) is 11.8. The Bertz CT molecular complexity index is 952. The molecule has 2 aromatic carbocycles. The Hall–Kier alpha value is -2.40. The second-order valence-corrected chi connectivity index (χ2v) is 7.64. The van der Waals surface area contributed by atoms with Crippen LogP contribution in [0.25, 0.3) is 0 Å². The van der Waals surface area contributed by atoms with E-state index in [9.17, 15) is 24.9 Å². The summed E-state index contributed by atoms with van der Waals surface area (Å²) in [5.74, 6) is -2.42. The van der Waals surface area contributed by atoms with Crippen LogP contribution in [0, 0.1) is 0 Å². The van der Waals surface area contributed by atoms with Gasteiger partial charge in [-0.25, -0.2) is 4.79 Å². The van der Waals surface area contributed by atoms with Gasteiger partial charge in [-0.2, -0.15) is 0 Å². The van der Waals surface area contributed by atoms with Crippen LogP contribution < -0.4 is 5.32 Å². The van der Waals surface area contributed by atoms with Gasteiger partial charge >= 0.3 is 11.9 Å². The molecule has 3 rings (SSSR count). The Morgan fingerprint density at radius 3 is 2.29 bits per heavy atom. The smallest absolute Gasteiger partial charge is 0.335 e. The number of esters is 1. The van der Waals surface area contributed by atoms with E-state index in [4.69, 9.17) is 37.8 Å². The van der Waals surface area contributed by atoms with Crippen molar-refractivity contribution in [1.29, 1.82) is 0 Å². The minimum absolute atomic E-state index is 0.241. The Kier molecular flexibility index (Phi) is 7.37. The van der Waals surface area contributed by atoms with Gasteiger partial charge in [-0.3, -0.25) is 4.79 Å². The molecule has 2 aromatic rings. The van der Waals surface area contributed by atoms with Gasteiger partial charge in [-0.05, 0) is 29.8 Å². The molecular formula is C20H19Cl2NO8. The van der Waals surface area contributed by atoms with Crippen molar-refractivity contribution in [2.45, 2.75) is 37.1 Å². The molecule has 0 unspecified atom stereocenters. The van der Waals surface area contributed by atoms with E-state index in [0.717, 1.165) is 0 Å². The highest BCUT2D eigenvalue weighted by Gasteiger charge is 2.48. The third kappa shape index (κ3) is 5.45. The van der Waals surface area contributed by atoms with Crippen molar-refractivity contribution in [3.05, 3.63) is 58.1 Å². The van der Waals surface area contributed by atoms with Crippen molar-refractivity contribution in [3.63, 3.8) is 0 Å². The first kappa shape index (κ1) is 23.3. The second-order valence-electron chi connectivity index (χ2n) is 6.82. The highest BCUT2D eigenvalue weighted by atomic mass is 35.5. The van der Waals surface area contributed by atoms with Crippen molar-refractivity contribution < 1.29 is 39.5 Å². The first-order valence-corrected chi connectivity index (χ1v) is 9.85. The molecule has 31 heavy (non-hydrogen) atoms. The number of carbonyl (C=O) groups excluding carboxylic acids is 1. The maximum absolute atomic E-state index is 12.3. The van der Waals surface area contributed by atoms with Crippen LogP contribution in [0.1, 0.15) is 5.56 Å². The molecule has 1 aliphatic heterocycles. The summed E-state index contributed by atoms with van der Waals surface area (Å²) in [5, 5.41) is 42.3. The average Bonchev–Trinajstić information content (AvgIpc) is 2.71. The van der Waals surface area contributed by atoms with Crippen molar-refractivity contribution in [1.82, 2.24) is 0 Å². The fourth-order valence-electron chi connectivity index (χ4n) is 3.01. The standard InChI is InChI=1S/C20H19Cl2NO8/c21-11-5-2-6-12(22)14(11)23-10-4-1-3-9(7-10)8-13(24)30-20-17(27)15(25)16(26)18(31-20)19(28)29/h1-7,15-18,20,23,25-27H,8H2,(H,28,29)/t15-,16-,17+,18-,20+/m0/s1. The normalized spacial score (nSPS) is 25.6. The number of nitrogens with one attached hydrogen (secondary N) is 1. The molecule has 0 bridgehead atoms. The predicted octanol–water partition coefficient (Wildman–Crippen LogP) is 1.71. The molecule has 0 radical (unpaired) electrons. The highest BCUT2D eigenvalue weighted by Crippen LogP contribution is 2.32. The summed E-state index contributed by atoms with van der Waals surface area (Å²) >= 11 is 12.3. The lowest BCUT2D eigenvalue weighted by molar-refractivity contribution is -0.286. The molecule has 5 atom stereocenters. The molecule has 0 aliphatic carbocycles. The first-order chi connectivity index (χ1) is 14.7.